The van der Waals surface area contributed by atoms with Gasteiger partial charge in [0.2, 0.25) is 0 Å². The van der Waals surface area contributed by atoms with Crippen LogP contribution >= 0.6 is 0 Å². The molecule has 1 saturated carbocycles. The van der Waals surface area contributed by atoms with Crippen molar-refractivity contribution in [2.45, 2.75) is 73.8 Å². The van der Waals surface area contributed by atoms with E-state index >= 15 is 0 Å². The molecule has 4 rings (SSSR count). The molecule has 4 nitrogen and oxygen atoms in total. The summed E-state index contributed by atoms with van der Waals surface area (Å²) in [6, 6.07) is 18.7. The molecule has 1 aliphatic carbocycles. The average Bonchev–Trinajstić information content (AvgIpc) is 3.40. The van der Waals surface area contributed by atoms with Crippen LogP contribution in [0, 0.1) is 32.9 Å². The Hall–Kier alpha value is -1.19. The first kappa shape index (κ1) is 31.8. The van der Waals surface area contributed by atoms with Gasteiger partial charge in [0.1, 0.15) is 0 Å². The van der Waals surface area contributed by atoms with E-state index in [0.29, 0.717) is 5.69 Å². The summed E-state index contributed by atoms with van der Waals surface area (Å²) in [4.78, 5) is 12.8. The third kappa shape index (κ3) is 7.65. The Kier molecular flexibility index (Phi) is 14.4. The normalized spacial score (nSPS) is 12.4. The predicted octanol–water partition coefficient (Wildman–Crippen LogP) is 6.39. The Labute approximate surface area is 237 Å². The number of carbonyl (C=O) groups is 1. The summed E-state index contributed by atoms with van der Waals surface area (Å²) in [7, 11) is 0. The average molecular weight is 557 g/mol. The number of nitrogens with one attached hydrogen (secondary N) is 1. The summed E-state index contributed by atoms with van der Waals surface area (Å²) in [5.41, 5.74) is 6.50. The molecule has 0 bridgehead atoms. The fourth-order valence-corrected chi connectivity index (χ4v) is 3.94. The summed E-state index contributed by atoms with van der Waals surface area (Å²) in [6.45, 7) is 10.2. The Bertz CT molecular complexity index is 1030. The number of hydrogen-bond acceptors (Lipinski definition) is 2. The summed E-state index contributed by atoms with van der Waals surface area (Å²) in [5, 5.41) is 7.79. The second-order valence-electron chi connectivity index (χ2n) is 7.72. The van der Waals surface area contributed by atoms with E-state index in [9.17, 15) is 4.79 Å². The molecule has 1 fully saturated rings. The van der Waals surface area contributed by atoms with Crippen LogP contribution in [0.4, 0.5) is 0 Å². The minimum absolute atomic E-state index is 0. The first-order valence-electron chi connectivity index (χ1n) is 10.9. The van der Waals surface area contributed by atoms with Crippen molar-refractivity contribution in [3.05, 3.63) is 70.9 Å². The molecule has 0 aliphatic heterocycles. The van der Waals surface area contributed by atoms with Crippen molar-refractivity contribution in [1.82, 2.24) is 15.1 Å². The number of rotatable bonds is 4. The van der Waals surface area contributed by atoms with Gasteiger partial charge in [0.05, 0.1) is 5.69 Å². The maximum atomic E-state index is 12.8. The Balaban J connectivity index is 0.00000199. The van der Waals surface area contributed by atoms with E-state index in [1.165, 1.54) is 18.4 Å². The van der Waals surface area contributed by atoms with Gasteiger partial charge in [-0.2, -0.15) is 23.3 Å². The van der Waals surface area contributed by atoms with Crippen LogP contribution in [0.15, 0.2) is 36.4 Å². The van der Waals surface area contributed by atoms with E-state index in [4.69, 9.17) is 0 Å². The van der Waals surface area contributed by atoms with Gasteiger partial charge in [0.25, 0.3) is 0 Å². The van der Waals surface area contributed by atoms with E-state index in [1.54, 1.807) is 0 Å². The van der Waals surface area contributed by atoms with E-state index in [-0.39, 0.29) is 70.6 Å². The second-order valence-corrected chi connectivity index (χ2v) is 7.72. The molecular formula is C27H35N3OVY-2. The number of hydrogen-bond donors (Lipinski definition) is 1. The van der Waals surface area contributed by atoms with Gasteiger partial charge in [0, 0.05) is 63.0 Å². The molecule has 1 aliphatic rings. The Morgan fingerprint density at radius 1 is 1.09 bits per heavy atom. The quantitative estimate of drug-likeness (QED) is 0.378. The van der Waals surface area contributed by atoms with Crippen molar-refractivity contribution in [2.24, 2.45) is 0 Å². The van der Waals surface area contributed by atoms with Crippen LogP contribution in [-0.2, 0) is 51.3 Å². The molecule has 1 N–H and O–H groups in total. The molecule has 1 heterocycles. The van der Waals surface area contributed by atoms with Crippen LogP contribution < -0.4 is 5.32 Å². The molecule has 1 amide bonds. The first-order valence-corrected chi connectivity index (χ1v) is 10.9. The summed E-state index contributed by atoms with van der Waals surface area (Å²) >= 11 is 0. The van der Waals surface area contributed by atoms with Crippen molar-refractivity contribution in [1.29, 1.82) is 0 Å². The zero-order valence-electron chi connectivity index (χ0n) is 19.7. The number of aryl methyl sites for hydroxylation is 3. The van der Waals surface area contributed by atoms with E-state index in [0.717, 1.165) is 40.9 Å². The zero-order chi connectivity index (χ0) is 21.7. The molecular weight excluding hydrogens is 522 g/mol. The third-order valence-corrected chi connectivity index (χ3v) is 5.46. The van der Waals surface area contributed by atoms with Crippen molar-refractivity contribution in [3.8, 4) is 16.9 Å². The molecule has 3 aromatic rings. The Morgan fingerprint density at radius 3 is 2.36 bits per heavy atom. The van der Waals surface area contributed by atoms with Crippen LogP contribution in [0.2, 0.25) is 0 Å². The molecule has 0 spiro atoms. The van der Waals surface area contributed by atoms with Crippen molar-refractivity contribution < 1.29 is 56.1 Å². The zero-order valence-corrected chi connectivity index (χ0v) is 23.9. The van der Waals surface area contributed by atoms with Crippen molar-refractivity contribution in [3.63, 3.8) is 0 Å². The van der Waals surface area contributed by atoms with Gasteiger partial charge in [-0.1, -0.05) is 64.4 Å². The van der Waals surface area contributed by atoms with Gasteiger partial charge in [0.15, 0.2) is 5.91 Å². The van der Waals surface area contributed by atoms with Crippen LogP contribution in [0.1, 0.15) is 74.1 Å². The number of carbonyl (C=O) groups excluding carboxylic acids is 1. The van der Waals surface area contributed by atoms with E-state index < -0.39 is 0 Å². The minimum atomic E-state index is -0.142. The van der Waals surface area contributed by atoms with Crippen molar-refractivity contribution in [2.75, 3.05) is 0 Å². The third-order valence-electron chi connectivity index (χ3n) is 5.46. The molecule has 2 radical (unpaired) electrons. The SMILES string of the molecule is C.CC.Cc1ccc(-n2nc(C(=O)NC3CCCC3)[c-]c2-c2cc[c-]cc2C)c(C)c1.[V].[Y]. The molecule has 0 unspecified atom stereocenters. The van der Waals surface area contributed by atoms with Crippen molar-refractivity contribution >= 4 is 5.91 Å². The molecule has 174 valence electrons. The van der Waals surface area contributed by atoms with Crippen LogP contribution in [-0.4, -0.2) is 21.7 Å². The molecule has 1 aromatic heterocycles. The largest absolute Gasteiger partial charge is 0.400 e. The maximum absolute atomic E-state index is 12.8. The van der Waals surface area contributed by atoms with Gasteiger partial charge < -0.3 is 10.1 Å². The van der Waals surface area contributed by atoms with Gasteiger partial charge in [-0.25, -0.2) is 17.2 Å². The van der Waals surface area contributed by atoms with Crippen LogP contribution in [0.25, 0.3) is 16.9 Å². The van der Waals surface area contributed by atoms with Crippen LogP contribution in [0.5, 0.6) is 0 Å². The number of benzene rings is 2. The van der Waals surface area contributed by atoms with E-state index in [1.807, 2.05) is 43.7 Å². The number of nitrogens with zero attached hydrogens (tertiary/aromatic N) is 2. The van der Waals surface area contributed by atoms with Gasteiger partial charge in [-0.15, -0.1) is 6.07 Å². The molecule has 0 atom stereocenters. The monoisotopic (exact) mass is 557 g/mol. The van der Waals surface area contributed by atoms with E-state index in [2.05, 4.69) is 54.6 Å². The minimum Gasteiger partial charge on any atom is -0.400 e. The topological polar surface area (TPSA) is 46.9 Å². The molecule has 2 aromatic carbocycles. The summed E-state index contributed by atoms with van der Waals surface area (Å²) in [5.74, 6) is -0.142. The number of aromatic nitrogens is 2. The summed E-state index contributed by atoms with van der Waals surface area (Å²) < 4.78 is 1.85. The van der Waals surface area contributed by atoms with Gasteiger partial charge in [-0.05, 0) is 38.3 Å². The van der Waals surface area contributed by atoms with Gasteiger partial charge >= 0.3 is 0 Å². The number of amides is 1. The maximum Gasteiger partial charge on any atom is 0.167 e. The Morgan fingerprint density at radius 2 is 1.76 bits per heavy atom. The standard InChI is InChI=1S/C24H25N3O.C2H6.CH4.V.Y/c1-16-12-13-22(18(3)14-16)27-23(20-11-7-4-8-17(20)2)15-21(26-27)24(28)25-19-9-5-6-10-19;1-2;;;/h7-8,11-14,19H,5-6,9-10H2,1-3H3,(H,25,28);1-2H3;1H4;;/q-2;;;;. The predicted molar refractivity (Wildman–Crippen MR) is 129 cm³/mol. The first-order chi connectivity index (χ1) is 14.5. The van der Waals surface area contributed by atoms with Gasteiger partial charge in [-0.3, -0.25) is 4.68 Å². The summed E-state index contributed by atoms with van der Waals surface area (Å²) in [6.07, 6.45) is 4.45. The molecule has 6 heteroatoms. The van der Waals surface area contributed by atoms with Crippen LogP contribution in [0.3, 0.4) is 0 Å². The molecule has 33 heavy (non-hydrogen) atoms. The second kappa shape index (κ2) is 14.9. The fourth-order valence-electron chi connectivity index (χ4n) is 3.94. The molecule has 0 saturated heterocycles. The fraction of sp³-hybridized carbons (Fsp3) is 0.407. The smallest absolute Gasteiger partial charge is 0.167 e.